The van der Waals surface area contributed by atoms with Gasteiger partial charge in [0.1, 0.15) is 0 Å². The molecule has 0 spiro atoms. The van der Waals surface area contributed by atoms with Crippen LogP contribution in [0.3, 0.4) is 0 Å². The minimum Gasteiger partial charge on any atom is -0.339 e. The number of hydrogen-bond acceptors (Lipinski definition) is 3. The number of rotatable bonds is 4. The highest BCUT2D eigenvalue weighted by Crippen LogP contribution is 2.28. The fraction of sp³-hybridized carbons (Fsp3) is 0.476. The van der Waals surface area contributed by atoms with Gasteiger partial charge < -0.3 is 9.80 Å². The summed E-state index contributed by atoms with van der Waals surface area (Å²) in [5.74, 6) is 0.465. The SMILES string of the molecule is CCc1c(C(=O)N2CCN(C(=O)C3CCC3)CC2)cnn1-c1cccc(Cl)c1. The number of aromatic nitrogens is 2. The lowest BCUT2D eigenvalue weighted by atomic mass is 9.84. The Bertz CT molecular complexity index is 882. The van der Waals surface area contributed by atoms with Crippen LogP contribution in [0.25, 0.3) is 5.69 Å². The van der Waals surface area contributed by atoms with Gasteiger partial charge in [0.2, 0.25) is 5.91 Å². The molecule has 1 aliphatic carbocycles. The number of benzene rings is 1. The first-order valence-electron chi connectivity index (χ1n) is 9.99. The standard InChI is InChI=1S/C21H25ClN4O2/c1-2-19-18(14-23-26(19)17-8-4-7-16(22)13-17)21(28)25-11-9-24(10-12-25)20(27)15-5-3-6-15/h4,7-8,13-15H,2-3,5-6,9-12H2,1H3. The molecule has 2 amide bonds. The van der Waals surface area contributed by atoms with Crippen LogP contribution in [0, 0.1) is 5.92 Å². The lowest BCUT2D eigenvalue weighted by Crippen LogP contribution is -2.52. The van der Waals surface area contributed by atoms with Gasteiger partial charge >= 0.3 is 0 Å². The summed E-state index contributed by atoms with van der Waals surface area (Å²) in [6.07, 6.45) is 5.52. The minimum atomic E-state index is -0.0131. The molecule has 0 atom stereocenters. The maximum atomic E-state index is 13.1. The molecule has 0 bridgehead atoms. The Labute approximate surface area is 170 Å². The van der Waals surface area contributed by atoms with E-state index in [-0.39, 0.29) is 17.7 Å². The molecule has 0 unspecified atom stereocenters. The number of piperazine rings is 1. The first-order valence-corrected chi connectivity index (χ1v) is 10.4. The normalized spacial score (nSPS) is 17.5. The Hall–Kier alpha value is -2.34. The van der Waals surface area contributed by atoms with Crippen LogP contribution in [-0.2, 0) is 11.2 Å². The molecule has 2 fully saturated rings. The Morgan fingerprint density at radius 1 is 1.14 bits per heavy atom. The summed E-state index contributed by atoms with van der Waals surface area (Å²) in [4.78, 5) is 29.3. The van der Waals surface area contributed by atoms with Crippen molar-refractivity contribution in [1.29, 1.82) is 0 Å². The van der Waals surface area contributed by atoms with Crippen LogP contribution in [0.5, 0.6) is 0 Å². The zero-order valence-corrected chi connectivity index (χ0v) is 16.9. The predicted octanol–water partition coefficient (Wildman–Crippen LogP) is 3.17. The number of amides is 2. The van der Waals surface area contributed by atoms with Gasteiger partial charge in [-0.1, -0.05) is 31.0 Å². The van der Waals surface area contributed by atoms with Crippen molar-refractivity contribution in [2.75, 3.05) is 26.2 Å². The molecule has 2 aromatic rings. The van der Waals surface area contributed by atoms with Gasteiger partial charge in [-0.2, -0.15) is 5.10 Å². The van der Waals surface area contributed by atoms with Crippen LogP contribution in [0.4, 0.5) is 0 Å². The zero-order chi connectivity index (χ0) is 19.7. The van der Waals surface area contributed by atoms with E-state index in [0.717, 1.165) is 30.6 Å². The molecule has 148 valence electrons. The van der Waals surface area contributed by atoms with Crippen molar-refractivity contribution < 1.29 is 9.59 Å². The van der Waals surface area contributed by atoms with Crippen molar-refractivity contribution in [3.05, 3.63) is 46.7 Å². The van der Waals surface area contributed by atoms with E-state index in [2.05, 4.69) is 5.10 Å². The van der Waals surface area contributed by atoms with Crippen LogP contribution in [0.2, 0.25) is 5.02 Å². The Morgan fingerprint density at radius 3 is 2.46 bits per heavy atom. The number of halogens is 1. The van der Waals surface area contributed by atoms with Crippen molar-refractivity contribution in [2.45, 2.75) is 32.6 Å². The highest BCUT2D eigenvalue weighted by Gasteiger charge is 2.33. The second-order valence-electron chi connectivity index (χ2n) is 7.50. The summed E-state index contributed by atoms with van der Waals surface area (Å²) < 4.78 is 1.79. The van der Waals surface area contributed by atoms with E-state index in [0.29, 0.717) is 43.2 Å². The van der Waals surface area contributed by atoms with E-state index in [4.69, 9.17) is 11.6 Å². The number of carbonyl (C=O) groups is 2. The van der Waals surface area contributed by atoms with Gasteiger partial charge in [-0.25, -0.2) is 4.68 Å². The Balaban J connectivity index is 1.47. The molecule has 1 saturated carbocycles. The minimum absolute atomic E-state index is 0.0131. The third-order valence-electron chi connectivity index (χ3n) is 5.82. The molecule has 28 heavy (non-hydrogen) atoms. The van der Waals surface area contributed by atoms with E-state index in [1.54, 1.807) is 10.9 Å². The second kappa shape index (κ2) is 7.95. The summed E-state index contributed by atoms with van der Waals surface area (Å²) in [7, 11) is 0. The molecule has 1 aromatic heterocycles. The largest absolute Gasteiger partial charge is 0.339 e. The smallest absolute Gasteiger partial charge is 0.257 e. The van der Waals surface area contributed by atoms with Gasteiger partial charge in [0.15, 0.2) is 0 Å². The van der Waals surface area contributed by atoms with Crippen LogP contribution in [0.15, 0.2) is 30.5 Å². The molecule has 2 aliphatic rings. The van der Waals surface area contributed by atoms with E-state index in [1.165, 1.54) is 0 Å². The fourth-order valence-electron chi connectivity index (χ4n) is 3.94. The molecule has 0 N–H and O–H groups in total. The lowest BCUT2D eigenvalue weighted by Gasteiger charge is -2.38. The van der Waals surface area contributed by atoms with Crippen LogP contribution >= 0.6 is 11.6 Å². The molecule has 2 heterocycles. The molecule has 6 nitrogen and oxygen atoms in total. The fourth-order valence-corrected chi connectivity index (χ4v) is 4.12. The molecule has 4 rings (SSSR count). The summed E-state index contributed by atoms with van der Waals surface area (Å²) in [6, 6.07) is 7.46. The molecular formula is C21H25ClN4O2. The van der Waals surface area contributed by atoms with Gasteiger partial charge in [-0.05, 0) is 37.5 Å². The molecule has 7 heteroatoms. The van der Waals surface area contributed by atoms with Crippen molar-refractivity contribution in [2.24, 2.45) is 5.92 Å². The number of carbonyl (C=O) groups excluding carboxylic acids is 2. The zero-order valence-electron chi connectivity index (χ0n) is 16.1. The first kappa shape index (κ1) is 19.0. The molecule has 1 saturated heterocycles. The Morgan fingerprint density at radius 2 is 1.86 bits per heavy atom. The lowest BCUT2D eigenvalue weighted by molar-refractivity contribution is -0.139. The monoisotopic (exact) mass is 400 g/mol. The average Bonchev–Trinajstić information content (AvgIpc) is 3.10. The number of hydrogen-bond donors (Lipinski definition) is 0. The Kier molecular flexibility index (Phi) is 5.40. The summed E-state index contributed by atoms with van der Waals surface area (Å²) >= 11 is 6.11. The highest BCUT2D eigenvalue weighted by atomic mass is 35.5. The number of nitrogens with zero attached hydrogens (tertiary/aromatic N) is 4. The van der Waals surface area contributed by atoms with E-state index in [1.807, 2.05) is 41.0 Å². The van der Waals surface area contributed by atoms with E-state index >= 15 is 0 Å². The van der Waals surface area contributed by atoms with Gasteiger partial charge in [0.25, 0.3) is 5.91 Å². The van der Waals surface area contributed by atoms with Crippen LogP contribution < -0.4 is 0 Å². The quantitative estimate of drug-likeness (QED) is 0.792. The van der Waals surface area contributed by atoms with E-state index in [9.17, 15) is 9.59 Å². The van der Waals surface area contributed by atoms with E-state index < -0.39 is 0 Å². The van der Waals surface area contributed by atoms with Crippen LogP contribution in [-0.4, -0.2) is 57.6 Å². The third-order valence-corrected chi connectivity index (χ3v) is 6.06. The van der Waals surface area contributed by atoms with Crippen molar-refractivity contribution >= 4 is 23.4 Å². The van der Waals surface area contributed by atoms with Crippen molar-refractivity contribution in [3.63, 3.8) is 0 Å². The average molecular weight is 401 g/mol. The van der Waals surface area contributed by atoms with Gasteiger partial charge in [0, 0.05) is 37.1 Å². The molecule has 1 aliphatic heterocycles. The first-order chi connectivity index (χ1) is 13.6. The van der Waals surface area contributed by atoms with Gasteiger partial charge in [-0.15, -0.1) is 0 Å². The van der Waals surface area contributed by atoms with Crippen molar-refractivity contribution in [1.82, 2.24) is 19.6 Å². The second-order valence-corrected chi connectivity index (χ2v) is 7.93. The maximum Gasteiger partial charge on any atom is 0.257 e. The van der Waals surface area contributed by atoms with Gasteiger partial charge in [-0.3, -0.25) is 9.59 Å². The highest BCUT2D eigenvalue weighted by molar-refractivity contribution is 6.30. The third kappa shape index (κ3) is 3.53. The molecule has 1 aromatic carbocycles. The topological polar surface area (TPSA) is 58.4 Å². The van der Waals surface area contributed by atoms with Crippen LogP contribution in [0.1, 0.15) is 42.2 Å². The summed E-state index contributed by atoms with van der Waals surface area (Å²) in [5.41, 5.74) is 2.35. The molecular weight excluding hydrogens is 376 g/mol. The van der Waals surface area contributed by atoms with Crippen molar-refractivity contribution in [3.8, 4) is 5.69 Å². The maximum absolute atomic E-state index is 13.1. The van der Waals surface area contributed by atoms with Gasteiger partial charge in [0.05, 0.1) is 23.1 Å². The summed E-state index contributed by atoms with van der Waals surface area (Å²) in [6.45, 7) is 4.39. The summed E-state index contributed by atoms with van der Waals surface area (Å²) in [5, 5.41) is 5.08. The molecule has 0 radical (unpaired) electrons. The predicted molar refractivity (Wildman–Crippen MR) is 108 cm³/mol.